The summed E-state index contributed by atoms with van der Waals surface area (Å²) in [5.41, 5.74) is 6.95. The van der Waals surface area contributed by atoms with Crippen molar-refractivity contribution in [3.63, 3.8) is 0 Å². The standard InChI is InChI=1S/C14H23NO2S/c1-10(2)11(3)18(16,17)12(4)14(15)13-8-6-5-7-9-13/h5-12,14H,15H2,1-4H3. The Morgan fingerprint density at radius 1 is 0.944 bits per heavy atom. The molecule has 0 aromatic heterocycles. The molecule has 0 spiro atoms. The van der Waals surface area contributed by atoms with Crippen molar-refractivity contribution in [3.05, 3.63) is 35.9 Å². The van der Waals surface area contributed by atoms with Crippen molar-refractivity contribution < 1.29 is 8.42 Å². The van der Waals surface area contributed by atoms with Gasteiger partial charge in [0.1, 0.15) is 0 Å². The summed E-state index contributed by atoms with van der Waals surface area (Å²) in [7, 11) is -3.21. The Bertz CT molecular complexity index is 468. The molecule has 18 heavy (non-hydrogen) atoms. The molecule has 0 fully saturated rings. The van der Waals surface area contributed by atoms with Gasteiger partial charge in [-0.15, -0.1) is 0 Å². The first-order valence-electron chi connectivity index (χ1n) is 6.31. The Morgan fingerprint density at radius 2 is 1.44 bits per heavy atom. The second-order valence-electron chi connectivity index (χ2n) is 5.18. The highest BCUT2D eigenvalue weighted by Gasteiger charge is 2.34. The van der Waals surface area contributed by atoms with Gasteiger partial charge in [-0.05, 0) is 25.3 Å². The molecule has 3 nitrogen and oxygen atoms in total. The van der Waals surface area contributed by atoms with Gasteiger partial charge in [0.2, 0.25) is 0 Å². The average Bonchev–Trinajstić information content (AvgIpc) is 2.36. The molecule has 0 saturated heterocycles. The number of sulfone groups is 1. The van der Waals surface area contributed by atoms with Gasteiger partial charge in [0.15, 0.2) is 9.84 Å². The van der Waals surface area contributed by atoms with Crippen LogP contribution in [0.3, 0.4) is 0 Å². The molecule has 1 aromatic carbocycles. The molecule has 1 aromatic rings. The summed E-state index contributed by atoms with van der Waals surface area (Å²) >= 11 is 0. The smallest absolute Gasteiger partial charge is 0.157 e. The van der Waals surface area contributed by atoms with Gasteiger partial charge in [0.25, 0.3) is 0 Å². The van der Waals surface area contributed by atoms with E-state index in [0.29, 0.717) is 0 Å². The third-order valence-electron chi connectivity index (χ3n) is 3.67. The summed E-state index contributed by atoms with van der Waals surface area (Å²) in [5, 5.41) is -0.945. The molecule has 102 valence electrons. The van der Waals surface area contributed by atoms with Crippen LogP contribution < -0.4 is 5.73 Å². The van der Waals surface area contributed by atoms with E-state index in [9.17, 15) is 8.42 Å². The number of hydrogen-bond donors (Lipinski definition) is 1. The minimum Gasteiger partial charge on any atom is -0.323 e. The van der Waals surface area contributed by atoms with Crippen molar-refractivity contribution in [2.24, 2.45) is 11.7 Å². The van der Waals surface area contributed by atoms with Crippen LogP contribution in [-0.4, -0.2) is 18.9 Å². The highest BCUT2D eigenvalue weighted by atomic mass is 32.2. The number of rotatable bonds is 5. The Labute approximate surface area is 110 Å². The van der Waals surface area contributed by atoms with Crippen LogP contribution >= 0.6 is 0 Å². The van der Waals surface area contributed by atoms with Crippen LogP contribution in [-0.2, 0) is 9.84 Å². The van der Waals surface area contributed by atoms with Gasteiger partial charge in [-0.2, -0.15) is 0 Å². The van der Waals surface area contributed by atoms with E-state index in [1.54, 1.807) is 13.8 Å². The summed E-state index contributed by atoms with van der Waals surface area (Å²) < 4.78 is 24.8. The van der Waals surface area contributed by atoms with Crippen molar-refractivity contribution in [2.75, 3.05) is 0 Å². The van der Waals surface area contributed by atoms with E-state index in [1.165, 1.54) is 0 Å². The summed E-state index contributed by atoms with van der Waals surface area (Å²) in [6, 6.07) is 8.91. The van der Waals surface area contributed by atoms with E-state index in [0.717, 1.165) is 5.56 Å². The van der Waals surface area contributed by atoms with Gasteiger partial charge in [0, 0.05) is 6.04 Å². The highest BCUT2D eigenvalue weighted by molar-refractivity contribution is 7.92. The minimum atomic E-state index is -3.21. The fourth-order valence-corrected chi connectivity index (χ4v) is 3.87. The first kappa shape index (κ1) is 15.2. The lowest BCUT2D eigenvalue weighted by atomic mass is 10.1. The average molecular weight is 269 g/mol. The predicted molar refractivity (Wildman–Crippen MR) is 76.1 cm³/mol. The van der Waals surface area contributed by atoms with Gasteiger partial charge in [-0.25, -0.2) is 8.42 Å². The van der Waals surface area contributed by atoms with E-state index in [2.05, 4.69) is 0 Å². The van der Waals surface area contributed by atoms with Crippen LogP contribution in [0.25, 0.3) is 0 Å². The Hall–Kier alpha value is -0.870. The zero-order valence-electron chi connectivity index (χ0n) is 11.5. The Balaban J connectivity index is 2.97. The van der Waals surface area contributed by atoms with Crippen molar-refractivity contribution in [1.29, 1.82) is 0 Å². The van der Waals surface area contributed by atoms with Crippen molar-refractivity contribution in [1.82, 2.24) is 0 Å². The third kappa shape index (κ3) is 3.12. The highest BCUT2D eigenvalue weighted by Crippen LogP contribution is 2.25. The zero-order chi connectivity index (χ0) is 13.9. The molecule has 3 atom stereocenters. The topological polar surface area (TPSA) is 60.2 Å². The number of nitrogens with two attached hydrogens (primary N) is 1. The number of hydrogen-bond acceptors (Lipinski definition) is 3. The van der Waals surface area contributed by atoms with Gasteiger partial charge >= 0.3 is 0 Å². The monoisotopic (exact) mass is 269 g/mol. The second-order valence-corrected chi connectivity index (χ2v) is 7.84. The van der Waals surface area contributed by atoms with E-state index in [-0.39, 0.29) is 11.2 Å². The molecule has 1 rings (SSSR count). The van der Waals surface area contributed by atoms with Crippen LogP contribution in [0.5, 0.6) is 0 Å². The number of benzene rings is 1. The SMILES string of the molecule is CC(C)C(C)S(=O)(=O)C(C)C(N)c1ccccc1. The maximum atomic E-state index is 12.4. The van der Waals surface area contributed by atoms with Crippen molar-refractivity contribution in [3.8, 4) is 0 Å². The normalized spacial score (nSPS) is 17.4. The van der Waals surface area contributed by atoms with Crippen LogP contribution in [0.15, 0.2) is 30.3 Å². The Morgan fingerprint density at radius 3 is 1.89 bits per heavy atom. The van der Waals surface area contributed by atoms with Gasteiger partial charge in [-0.3, -0.25) is 0 Å². The lowest BCUT2D eigenvalue weighted by Crippen LogP contribution is -2.38. The maximum Gasteiger partial charge on any atom is 0.157 e. The fourth-order valence-electron chi connectivity index (χ4n) is 1.87. The second kappa shape index (κ2) is 5.85. The molecule has 0 aliphatic rings. The molecule has 2 N–H and O–H groups in total. The molecule has 4 heteroatoms. The third-order valence-corrected chi connectivity index (χ3v) is 6.58. The summed E-state index contributed by atoms with van der Waals surface area (Å²) in [5.74, 6) is 0.0976. The van der Waals surface area contributed by atoms with E-state index in [1.807, 2.05) is 44.2 Å². The van der Waals surface area contributed by atoms with E-state index in [4.69, 9.17) is 5.73 Å². The molecule has 0 saturated carbocycles. The molecule has 3 unspecified atom stereocenters. The quantitative estimate of drug-likeness (QED) is 0.893. The van der Waals surface area contributed by atoms with Crippen LogP contribution in [0.2, 0.25) is 0 Å². The molecule has 0 amide bonds. The van der Waals surface area contributed by atoms with Crippen LogP contribution in [0.1, 0.15) is 39.3 Å². The molecular formula is C14H23NO2S. The molecular weight excluding hydrogens is 246 g/mol. The zero-order valence-corrected chi connectivity index (χ0v) is 12.3. The molecule has 0 radical (unpaired) electrons. The van der Waals surface area contributed by atoms with Crippen LogP contribution in [0, 0.1) is 5.92 Å². The summed E-state index contributed by atoms with van der Waals surface area (Å²) in [6.07, 6.45) is 0. The molecule has 0 aliphatic heterocycles. The first-order valence-corrected chi connectivity index (χ1v) is 7.92. The summed E-state index contributed by atoms with van der Waals surface area (Å²) in [4.78, 5) is 0. The van der Waals surface area contributed by atoms with E-state index >= 15 is 0 Å². The van der Waals surface area contributed by atoms with Gasteiger partial charge in [-0.1, -0.05) is 44.2 Å². The minimum absolute atomic E-state index is 0.0976. The predicted octanol–water partition coefficient (Wildman–Crippen LogP) is 2.53. The van der Waals surface area contributed by atoms with Gasteiger partial charge < -0.3 is 5.73 Å². The molecule has 0 aliphatic carbocycles. The van der Waals surface area contributed by atoms with Gasteiger partial charge in [0.05, 0.1) is 10.5 Å². The lowest BCUT2D eigenvalue weighted by Gasteiger charge is -2.26. The van der Waals surface area contributed by atoms with Crippen LogP contribution in [0.4, 0.5) is 0 Å². The first-order chi connectivity index (χ1) is 8.28. The lowest BCUT2D eigenvalue weighted by molar-refractivity contribution is 0.522. The summed E-state index contributed by atoms with van der Waals surface area (Å²) in [6.45, 7) is 7.30. The Kier molecular flexibility index (Phi) is 4.93. The van der Waals surface area contributed by atoms with Crippen molar-refractivity contribution in [2.45, 2.75) is 44.2 Å². The van der Waals surface area contributed by atoms with Crippen molar-refractivity contribution >= 4 is 9.84 Å². The largest absolute Gasteiger partial charge is 0.323 e. The fraction of sp³-hybridized carbons (Fsp3) is 0.571. The van der Waals surface area contributed by atoms with E-state index < -0.39 is 21.1 Å². The maximum absolute atomic E-state index is 12.4. The molecule has 0 heterocycles. The molecule has 0 bridgehead atoms.